The molecule has 2 aliphatic rings. The average molecular weight is 381 g/mol. The van der Waals surface area contributed by atoms with Crippen LogP contribution in [0.3, 0.4) is 0 Å². The van der Waals surface area contributed by atoms with Crippen molar-refractivity contribution in [3.63, 3.8) is 0 Å². The summed E-state index contributed by atoms with van der Waals surface area (Å²) in [5.74, 6) is 3.42. The number of thioether (sulfide) groups is 1. The van der Waals surface area contributed by atoms with Gasteiger partial charge in [0.1, 0.15) is 11.5 Å². The van der Waals surface area contributed by atoms with Crippen molar-refractivity contribution in [2.45, 2.75) is 12.5 Å². The van der Waals surface area contributed by atoms with Crippen LogP contribution in [0.2, 0.25) is 0 Å². The molecule has 1 atom stereocenters. The zero-order valence-corrected chi connectivity index (χ0v) is 16.4. The Kier molecular flexibility index (Phi) is 7.05. The molecule has 0 radical (unpaired) electrons. The first-order valence-electron chi connectivity index (χ1n) is 9.13. The molecule has 1 amide bonds. The molecule has 0 spiro atoms. The molecule has 0 N–H and O–H groups in total. The van der Waals surface area contributed by atoms with Crippen LogP contribution in [0.4, 0.5) is 0 Å². The Morgan fingerprint density at radius 2 is 1.85 bits per heavy atom. The minimum absolute atomic E-state index is 0.0583. The molecule has 3 rings (SSSR count). The van der Waals surface area contributed by atoms with E-state index in [1.54, 1.807) is 32.4 Å². The van der Waals surface area contributed by atoms with Crippen LogP contribution in [0.1, 0.15) is 16.8 Å². The maximum absolute atomic E-state index is 13.3. The smallest absolute Gasteiger partial charge is 0.254 e. The van der Waals surface area contributed by atoms with Crippen LogP contribution in [0, 0.1) is 0 Å². The van der Waals surface area contributed by atoms with Gasteiger partial charge in [-0.2, -0.15) is 11.8 Å². The van der Waals surface area contributed by atoms with Crippen LogP contribution in [-0.2, 0) is 4.74 Å². The lowest BCUT2D eigenvalue weighted by atomic mass is 10.1. The lowest BCUT2D eigenvalue weighted by molar-refractivity contribution is 0.0245. The molecule has 7 heteroatoms. The van der Waals surface area contributed by atoms with Crippen molar-refractivity contribution in [3.05, 3.63) is 23.8 Å². The third-order valence-electron chi connectivity index (χ3n) is 4.87. The van der Waals surface area contributed by atoms with Crippen molar-refractivity contribution < 1.29 is 19.0 Å². The second-order valence-electron chi connectivity index (χ2n) is 6.60. The van der Waals surface area contributed by atoms with Gasteiger partial charge < -0.3 is 19.1 Å². The molecule has 2 fully saturated rings. The molecule has 0 bridgehead atoms. The fourth-order valence-electron chi connectivity index (χ4n) is 3.43. The van der Waals surface area contributed by atoms with Crippen LogP contribution in [0.15, 0.2) is 18.2 Å². The lowest BCUT2D eigenvalue weighted by Crippen LogP contribution is -2.50. The van der Waals surface area contributed by atoms with Crippen molar-refractivity contribution >= 4 is 17.7 Å². The van der Waals surface area contributed by atoms with E-state index in [2.05, 4.69) is 4.90 Å². The van der Waals surface area contributed by atoms with Gasteiger partial charge in [-0.3, -0.25) is 9.69 Å². The number of hydrogen-bond donors (Lipinski definition) is 0. The van der Waals surface area contributed by atoms with E-state index in [-0.39, 0.29) is 11.9 Å². The highest BCUT2D eigenvalue weighted by Crippen LogP contribution is 2.26. The van der Waals surface area contributed by atoms with Crippen LogP contribution in [-0.4, -0.2) is 86.9 Å². The van der Waals surface area contributed by atoms with Crippen LogP contribution >= 0.6 is 11.8 Å². The molecule has 2 aliphatic heterocycles. The normalized spacial score (nSPS) is 21.9. The second-order valence-corrected chi connectivity index (χ2v) is 7.74. The summed E-state index contributed by atoms with van der Waals surface area (Å²) in [6, 6.07) is 5.61. The van der Waals surface area contributed by atoms with Crippen molar-refractivity contribution in [2.24, 2.45) is 0 Å². The lowest BCUT2D eigenvalue weighted by Gasteiger charge is -2.35. The predicted molar refractivity (Wildman–Crippen MR) is 104 cm³/mol. The molecule has 1 aromatic rings. The number of carbonyl (C=O) groups excluding carboxylic acids is 1. The standard InChI is InChI=1S/C19H28N2O4S/c1-23-17-10-15(11-18(12-17)24-2)19(22)21-4-3-9-26-14-16(21)13-20-5-7-25-8-6-20/h10-12,16H,3-9,13-14H2,1-2H3. The van der Waals surface area contributed by atoms with E-state index in [1.807, 2.05) is 16.7 Å². The summed E-state index contributed by atoms with van der Waals surface area (Å²) in [5, 5.41) is 0. The number of morpholine rings is 1. The van der Waals surface area contributed by atoms with E-state index in [0.717, 1.165) is 57.3 Å². The van der Waals surface area contributed by atoms with Gasteiger partial charge in [-0.25, -0.2) is 0 Å². The van der Waals surface area contributed by atoms with Gasteiger partial charge in [-0.05, 0) is 24.3 Å². The predicted octanol–water partition coefficient (Wildman–Crippen LogP) is 1.98. The minimum atomic E-state index is 0.0583. The van der Waals surface area contributed by atoms with Crippen molar-refractivity contribution in [2.75, 3.05) is 65.1 Å². The van der Waals surface area contributed by atoms with E-state index in [4.69, 9.17) is 14.2 Å². The van der Waals surface area contributed by atoms with Gasteiger partial charge in [0.25, 0.3) is 5.91 Å². The molecule has 26 heavy (non-hydrogen) atoms. The Labute approximate surface area is 159 Å². The van der Waals surface area contributed by atoms with Crippen LogP contribution in [0.25, 0.3) is 0 Å². The third-order valence-corrected chi connectivity index (χ3v) is 6.07. The average Bonchev–Trinajstić information content (AvgIpc) is 2.93. The maximum Gasteiger partial charge on any atom is 0.254 e. The minimum Gasteiger partial charge on any atom is -0.497 e. The number of hydrogen-bond acceptors (Lipinski definition) is 6. The number of rotatable bonds is 5. The Balaban J connectivity index is 1.79. The van der Waals surface area contributed by atoms with Crippen molar-refractivity contribution in [1.29, 1.82) is 0 Å². The first-order valence-corrected chi connectivity index (χ1v) is 10.3. The Bertz CT molecular complexity index is 585. The van der Waals surface area contributed by atoms with Crippen molar-refractivity contribution in [1.82, 2.24) is 9.80 Å². The molecule has 1 aromatic carbocycles. The molecular weight excluding hydrogens is 352 g/mol. The fraction of sp³-hybridized carbons (Fsp3) is 0.632. The molecule has 0 aromatic heterocycles. The molecule has 144 valence electrons. The summed E-state index contributed by atoms with van der Waals surface area (Å²) in [6.45, 7) is 5.14. The Morgan fingerprint density at radius 3 is 2.50 bits per heavy atom. The molecule has 2 saturated heterocycles. The molecular formula is C19H28N2O4S. The van der Waals surface area contributed by atoms with Gasteiger partial charge in [0, 0.05) is 43.6 Å². The van der Waals surface area contributed by atoms with Gasteiger partial charge in [-0.15, -0.1) is 0 Å². The van der Waals surface area contributed by atoms with E-state index in [9.17, 15) is 4.79 Å². The van der Waals surface area contributed by atoms with E-state index in [1.165, 1.54) is 0 Å². The number of nitrogens with zero attached hydrogens (tertiary/aromatic N) is 2. The summed E-state index contributed by atoms with van der Waals surface area (Å²) < 4.78 is 16.1. The summed E-state index contributed by atoms with van der Waals surface area (Å²) in [5.41, 5.74) is 0.625. The quantitative estimate of drug-likeness (QED) is 0.779. The van der Waals surface area contributed by atoms with Gasteiger partial charge in [0.2, 0.25) is 0 Å². The number of carbonyl (C=O) groups is 1. The monoisotopic (exact) mass is 380 g/mol. The fourth-order valence-corrected chi connectivity index (χ4v) is 4.48. The van der Waals surface area contributed by atoms with Gasteiger partial charge in [-0.1, -0.05) is 0 Å². The largest absolute Gasteiger partial charge is 0.497 e. The highest BCUT2D eigenvalue weighted by Gasteiger charge is 2.29. The number of ether oxygens (including phenoxy) is 3. The van der Waals surface area contributed by atoms with Gasteiger partial charge in [0.15, 0.2) is 0 Å². The van der Waals surface area contributed by atoms with E-state index in [0.29, 0.717) is 17.1 Å². The number of methoxy groups -OCH3 is 2. The summed E-state index contributed by atoms with van der Waals surface area (Å²) >= 11 is 1.94. The molecule has 6 nitrogen and oxygen atoms in total. The zero-order valence-electron chi connectivity index (χ0n) is 15.6. The topological polar surface area (TPSA) is 51.2 Å². The molecule has 1 unspecified atom stereocenters. The number of amides is 1. The molecule has 0 aliphatic carbocycles. The summed E-state index contributed by atoms with van der Waals surface area (Å²) in [7, 11) is 3.21. The van der Waals surface area contributed by atoms with Crippen LogP contribution < -0.4 is 9.47 Å². The van der Waals surface area contributed by atoms with Gasteiger partial charge >= 0.3 is 0 Å². The van der Waals surface area contributed by atoms with E-state index >= 15 is 0 Å². The highest BCUT2D eigenvalue weighted by atomic mass is 32.2. The zero-order chi connectivity index (χ0) is 18.4. The second kappa shape index (κ2) is 9.48. The molecule has 0 saturated carbocycles. The maximum atomic E-state index is 13.3. The van der Waals surface area contributed by atoms with E-state index < -0.39 is 0 Å². The number of benzene rings is 1. The first kappa shape index (κ1) is 19.3. The third kappa shape index (κ3) is 4.84. The van der Waals surface area contributed by atoms with Crippen molar-refractivity contribution in [3.8, 4) is 11.5 Å². The Hall–Kier alpha value is -1.44. The van der Waals surface area contributed by atoms with Crippen LogP contribution in [0.5, 0.6) is 11.5 Å². The highest BCUT2D eigenvalue weighted by molar-refractivity contribution is 7.99. The SMILES string of the molecule is COc1cc(OC)cc(C(=O)N2CCCSCC2CN2CCOCC2)c1. The summed E-state index contributed by atoms with van der Waals surface area (Å²) in [6.07, 6.45) is 1.02. The Morgan fingerprint density at radius 1 is 1.15 bits per heavy atom. The van der Waals surface area contributed by atoms with Gasteiger partial charge in [0.05, 0.1) is 33.5 Å². The first-order chi connectivity index (χ1) is 12.7. The summed E-state index contributed by atoms with van der Waals surface area (Å²) in [4.78, 5) is 17.8. The molecule has 2 heterocycles.